The van der Waals surface area contributed by atoms with Crippen LogP contribution in [0.15, 0.2) is 6.07 Å². The minimum absolute atomic E-state index is 0.0461. The topological polar surface area (TPSA) is 95.1 Å². The molecule has 0 unspecified atom stereocenters. The molecule has 1 amide bonds. The van der Waals surface area contributed by atoms with Crippen LogP contribution in [0.25, 0.3) is 0 Å². The van der Waals surface area contributed by atoms with Crippen LogP contribution in [0.2, 0.25) is 0 Å². The van der Waals surface area contributed by atoms with Gasteiger partial charge in [-0.15, -0.1) is 0 Å². The molecule has 0 bridgehead atoms. The number of hydrogen-bond acceptors (Lipinski definition) is 4. The van der Waals surface area contributed by atoms with Crippen LogP contribution in [-0.4, -0.2) is 39.2 Å². The molecule has 1 heterocycles. The van der Waals surface area contributed by atoms with Crippen molar-refractivity contribution in [2.24, 2.45) is 0 Å². The van der Waals surface area contributed by atoms with Gasteiger partial charge in [-0.25, -0.2) is 4.79 Å². The zero-order chi connectivity index (χ0) is 11.3. The maximum atomic E-state index is 11.2. The van der Waals surface area contributed by atoms with Crippen molar-refractivity contribution in [3.8, 4) is 0 Å². The van der Waals surface area contributed by atoms with Gasteiger partial charge in [-0.3, -0.25) is 9.89 Å². The monoisotopic (exact) mass is 229 g/mol. The molecule has 0 fully saturated rings. The first kappa shape index (κ1) is 11.6. The number of aromatic carboxylic acids is 1. The standard InChI is InChI=1S/C8H11N3O3S/c1-15-3-2-7(12)9-6-4-5(8(13)14)10-11-6/h4H,2-3H2,1H3,(H,13,14)(H2,9,10,11,12). The number of nitrogens with one attached hydrogen (secondary N) is 2. The van der Waals surface area contributed by atoms with Gasteiger partial charge in [0.2, 0.25) is 5.91 Å². The molecule has 0 atom stereocenters. The lowest BCUT2D eigenvalue weighted by molar-refractivity contribution is -0.115. The molecule has 0 saturated carbocycles. The second-order valence-electron chi connectivity index (χ2n) is 2.76. The molecule has 7 heteroatoms. The third kappa shape index (κ3) is 3.62. The van der Waals surface area contributed by atoms with Gasteiger partial charge in [-0.05, 0) is 6.26 Å². The highest BCUT2D eigenvalue weighted by molar-refractivity contribution is 7.98. The highest BCUT2D eigenvalue weighted by Crippen LogP contribution is 2.06. The molecule has 1 rings (SSSR count). The summed E-state index contributed by atoms with van der Waals surface area (Å²) >= 11 is 1.57. The molecule has 0 aliphatic carbocycles. The molecule has 6 nitrogen and oxygen atoms in total. The van der Waals surface area contributed by atoms with Crippen molar-refractivity contribution in [1.29, 1.82) is 0 Å². The van der Waals surface area contributed by atoms with Crippen molar-refractivity contribution < 1.29 is 14.7 Å². The summed E-state index contributed by atoms with van der Waals surface area (Å²) in [6.45, 7) is 0. The first-order chi connectivity index (χ1) is 7.13. The van der Waals surface area contributed by atoms with E-state index in [4.69, 9.17) is 5.11 Å². The summed E-state index contributed by atoms with van der Waals surface area (Å²) in [4.78, 5) is 21.7. The molecule has 1 aromatic rings. The Hall–Kier alpha value is -1.50. The van der Waals surface area contributed by atoms with Crippen molar-refractivity contribution in [1.82, 2.24) is 10.2 Å². The number of anilines is 1. The summed E-state index contributed by atoms with van der Waals surface area (Å²) in [5.74, 6) is -0.319. The van der Waals surface area contributed by atoms with Gasteiger partial charge < -0.3 is 10.4 Å². The van der Waals surface area contributed by atoms with Crippen molar-refractivity contribution in [2.45, 2.75) is 6.42 Å². The molecule has 0 saturated heterocycles. The van der Waals surface area contributed by atoms with Crippen molar-refractivity contribution >= 4 is 29.5 Å². The molecule has 0 aliphatic heterocycles. The van der Waals surface area contributed by atoms with Crippen molar-refractivity contribution in [2.75, 3.05) is 17.3 Å². The van der Waals surface area contributed by atoms with E-state index >= 15 is 0 Å². The molecule has 15 heavy (non-hydrogen) atoms. The van der Waals surface area contributed by atoms with Crippen LogP contribution in [0.5, 0.6) is 0 Å². The highest BCUT2D eigenvalue weighted by atomic mass is 32.2. The van der Waals surface area contributed by atoms with E-state index in [-0.39, 0.29) is 17.4 Å². The number of hydrogen-bond donors (Lipinski definition) is 3. The van der Waals surface area contributed by atoms with Crippen molar-refractivity contribution in [3.63, 3.8) is 0 Å². The number of carbonyl (C=O) groups is 2. The Morgan fingerprint density at radius 2 is 2.40 bits per heavy atom. The molecular formula is C8H11N3O3S. The third-order valence-electron chi connectivity index (χ3n) is 1.61. The predicted octanol–water partition coefficient (Wildman–Crippen LogP) is 0.799. The Morgan fingerprint density at radius 1 is 1.67 bits per heavy atom. The lowest BCUT2D eigenvalue weighted by atomic mass is 10.4. The van der Waals surface area contributed by atoms with E-state index in [2.05, 4.69) is 15.5 Å². The number of aromatic amines is 1. The lowest BCUT2D eigenvalue weighted by Crippen LogP contribution is -2.12. The van der Waals surface area contributed by atoms with Crippen LogP contribution in [0.4, 0.5) is 5.82 Å². The highest BCUT2D eigenvalue weighted by Gasteiger charge is 2.09. The molecular weight excluding hydrogens is 218 g/mol. The summed E-state index contributed by atoms with van der Waals surface area (Å²) in [5.41, 5.74) is -0.0461. The summed E-state index contributed by atoms with van der Waals surface area (Å²) in [5, 5.41) is 17.0. The SMILES string of the molecule is CSCCC(=O)Nc1cc(C(=O)O)[nH]n1. The second kappa shape index (κ2) is 5.40. The van der Waals surface area contributed by atoms with E-state index in [1.165, 1.54) is 6.07 Å². The minimum Gasteiger partial charge on any atom is -0.477 e. The maximum absolute atomic E-state index is 11.2. The minimum atomic E-state index is -1.10. The second-order valence-corrected chi connectivity index (χ2v) is 3.75. The van der Waals surface area contributed by atoms with E-state index in [0.717, 1.165) is 5.75 Å². The molecule has 0 radical (unpaired) electrons. The number of carboxylic acid groups (broad SMARTS) is 1. The van der Waals surface area contributed by atoms with Crippen LogP contribution in [0.3, 0.4) is 0 Å². The van der Waals surface area contributed by atoms with Crippen molar-refractivity contribution in [3.05, 3.63) is 11.8 Å². The number of rotatable bonds is 5. The smallest absolute Gasteiger partial charge is 0.353 e. The maximum Gasteiger partial charge on any atom is 0.353 e. The first-order valence-corrected chi connectivity index (χ1v) is 5.60. The fourth-order valence-corrected chi connectivity index (χ4v) is 1.28. The molecule has 1 aromatic heterocycles. The average molecular weight is 229 g/mol. The van der Waals surface area contributed by atoms with Gasteiger partial charge in [-0.2, -0.15) is 16.9 Å². The average Bonchev–Trinajstić information content (AvgIpc) is 2.63. The van der Waals surface area contributed by atoms with Crippen LogP contribution >= 0.6 is 11.8 Å². The van der Waals surface area contributed by atoms with Gasteiger partial charge in [0.05, 0.1) is 0 Å². The predicted molar refractivity (Wildman–Crippen MR) is 57.2 cm³/mol. The van der Waals surface area contributed by atoms with Gasteiger partial charge in [0, 0.05) is 18.2 Å². The van der Waals surface area contributed by atoms with E-state index < -0.39 is 5.97 Å². The Labute approximate surface area is 90.4 Å². The Bertz CT molecular complexity index is 364. The first-order valence-electron chi connectivity index (χ1n) is 4.21. The Balaban J connectivity index is 2.50. The van der Waals surface area contributed by atoms with Gasteiger partial charge in [0.25, 0.3) is 0 Å². The summed E-state index contributed by atoms with van der Waals surface area (Å²) in [6.07, 6.45) is 2.29. The number of carboxylic acids is 1. The number of aromatic nitrogens is 2. The molecule has 0 aromatic carbocycles. The molecule has 82 valence electrons. The molecule has 3 N–H and O–H groups in total. The van der Waals surface area contributed by atoms with Crippen LogP contribution in [-0.2, 0) is 4.79 Å². The molecule has 0 aliphatic rings. The van der Waals surface area contributed by atoms with Gasteiger partial charge in [-0.1, -0.05) is 0 Å². The zero-order valence-electron chi connectivity index (χ0n) is 8.11. The number of carbonyl (C=O) groups excluding carboxylic acids is 1. The van der Waals surface area contributed by atoms with E-state index in [1.807, 2.05) is 6.26 Å². The van der Waals surface area contributed by atoms with E-state index in [0.29, 0.717) is 6.42 Å². The quantitative estimate of drug-likeness (QED) is 0.694. The normalized spacial score (nSPS) is 9.93. The number of nitrogens with zero attached hydrogens (tertiary/aromatic N) is 1. The largest absolute Gasteiger partial charge is 0.477 e. The van der Waals surface area contributed by atoms with E-state index in [1.54, 1.807) is 11.8 Å². The van der Waals surface area contributed by atoms with Gasteiger partial charge in [0.1, 0.15) is 5.69 Å². The summed E-state index contributed by atoms with van der Waals surface area (Å²) < 4.78 is 0. The number of amides is 1. The van der Waals surface area contributed by atoms with E-state index in [9.17, 15) is 9.59 Å². The summed E-state index contributed by atoms with van der Waals surface area (Å²) in [6, 6.07) is 1.28. The summed E-state index contributed by atoms with van der Waals surface area (Å²) in [7, 11) is 0. The van der Waals surface area contributed by atoms with Crippen LogP contribution in [0, 0.1) is 0 Å². The van der Waals surface area contributed by atoms with Crippen LogP contribution < -0.4 is 5.32 Å². The fraction of sp³-hybridized carbons (Fsp3) is 0.375. The zero-order valence-corrected chi connectivity index (χ0v) is 8.93. The fourth-order valence-electron chi connectivity index (χ4n) is 0.895. The van der Waals surface area contributed by atoms with Crippen LogP contribution in [0.1, 0.15) is 16.9 Å². The lowest BCUT2D eigenvalue weighted by Gasteiger charge is -1.98. The molecule has 0 spiro atoms. The van der Waals surface area contributed by atoms with Gasteiger partial charge >= 0.3 is 5.97 Å². The Morgan fingerprint density at radius 3 is 2.93 bits per heavy atom. The third-order valence-corrected chi connectivity index (χ3v) is 2.22. The number of thioether (sulfide) groups is 1. The Kier molecular flexibility index (Phi) is 4.17. The van der Waals surface area contributed by atoms with Gasteiger partial charge in [0.15, 0.2) is 5.82 Å². The number of H-pyrrole nitrogens is 1.